The number of carbonyl (C=O) groups excluding carboxylic acids is 1. The van der Waals surface area contributed by atoms with Crippen LogP contribution in [0, 0.1) is 13.8 Å². The van der Waals surface area contributed by atoms with Gasteiger partial charge in [-0.1, -0.05) is 29.8 Å². The molecule has 0 spiro atoms. The molecule has 168 valence electrons. The maximum absolute atomic E-state index is 12.7. The summed E-state index contributed by atoms with van der Waals surface area (Å²) in [5.74, 6) is -0.146. The van der Waals surface area contributed by atoms with Gasteiger partial charge in [0.1, 0.15) is 4.21 Å². The summed E-state index contributed by atoms with van der Waals surface area (Å²) >= 11 is 6.92. The van der Waals surface area contributed by atoms with Crippen LogP contribution in [0.2, 0.25) is 4.34 Å². The van der Waals surface area contributed by atoms with Gasteiger partial charge in [-0.2, -0.15) is 9.40 Å². The first-order valence-corrected chi connectivity index (χ1v) is 12.7. The number of hydrogen-bond donors (Lipinski definition) is 0. The van der Waals surface area contributed by atoms with Gasteiger partial charge in [0.05, 0.1) is 15.7 Å². The fourth-order valence-electron chi connectivity index (χ4n) is 3.69. The lowest BCUT2D eigenvalue weighted by atomic mass is 10.1. The van der Waals surface area contributed by atoms with Gasteiger partial charge in [-0.05, 0) is 44.2 Å². The normalized spacial score (nSPS) is 15.5. The van der Waals surface area contributed by atoms with Crippen LogP contribution in [0.4, 0.5) is 0 Å². The molecule has 3 aromatic rings. The Morgan fingerprint density at radius 1 is 1.06 bits per heavy atom. The van der Waals surface area contributed by atoms with Crippen LogP contribution in [0.25, 0.3) is 11.8 Å². The van der Waals surface area contributed by atoms with E-state index in [0.29, 0.717) is 17.4 Å². The molecule has 1 aromatic carbocycles. The Bertz CT molecular complexity index is 1260. The maximum atomic E-state index is 12.7. The first kappa shape index (κ1) is 22.7. The van der Waals surface area contributed by atoms with Gasteiger partial charge in [-0.25, -0.2) is 13.1 Å². The summed E-state index contributed by atoms with van der Waals surface area (Å²) in [4.78, 5) is 14.4. The first-order valence-electron chi connectivity index (χ1n) is 10.1. The summed E-state index contributed by atoms with van der Waals surface area (Å²) < 4.78 is 29.4. The zero-order valence-corrected chi connectivity index (χ0v) is 20.1. The number of nitrogens with zero attached hydrogens (tertiary/aromatic N) is 4. The third kappa shape index (κ3) is 4.52. The molecule has 2 aromatic heterocycles. The summed E-state index contributed by atoms with van der Waals surface area (Å²) in [6.07, 6.45) is 3.33. The number of benzene rings is 1. The Morgan fingerprint density at radius 3 is 2.38 bits per heavy atom. The van der Waals surface area contributed by atoms with Crippen LogP contribution in [0.3, 0.4) is 0 Å². The fourth-order valence-corrected chi connectivity index (χ4v) is 6.75. The quantitative estimate of drug-likeness (QED) is 0.510. The van der Waals surface area contributed by atoms with Gasteiger partial charge in [0.15, 0.2) is 0 Å². The molecule has 1 amide bonds. The van der Waals surface area contributed by atoms with Crippen molar-refractivity contribution in [3.05, 3.63) is 69.8 Å². The number of halogens is 1. The molecule has 0 saturated carbocycles. The van der Waals surface area contributed by atoms with Crippen molar-refractivity contribution in [2.24, 2.45) is 0 Å². The highest BCUT2D eigenvalue weighted by molar-refractivity contribution is 7.91. The molecule has 1 aliphatic rings. The van der Waals surface area contributed by atoms with Crippen molar-refractivity contribution >= 4 is 44.9 Å². The van der Waals surface area contributed by atoms with Crippen molar-refractivity contribution < 1.29 is 13.2 Å². The van der Waals surface area contributed by atoms with Crippen LogP contribution in [-0.2, 0) is 14.8 Å². The summed E-state index contributed by atoms with van der Waals surface area (Å²) in [7, 11) is -3.58. The third-order valence-electron chi connectivity index (χ3n) is 5.43. The van der Waals surface area contributed by atoms with Crippen molar-refractivity contribution in [1.82, 2.24) is 19.0 Å². The van der Waals surface area contributed by atoms with E-state index in [9.17, 15) is 13.2 Å². The molecule has 1 saturated heterocycles. The van der Waals surface area contributed by atoms with Crippen molar-refractivity contribution in [1.29, 1.82) is 0 Å². The van der Waals surface area contributed by atoms with Crippen molar-refractivity contribution in [2.45, 2.75) is 18.1 Å². The van der Waals surface area contributed by atoms with Gasteiger partial charge < -0.3 is 4.90 Å². The lowest BCUT2D eigenvalue weighted by Crippen LogP contribution is -2.50. The van der Waals surface area contributed by atoms with E-state index in [4.69, 9.17) is 11.6 Å². The number of amides is 1. The van der Waals surface area contributed by atoms with Gasteiger partial charge in [-0.3, -0.25) is 4.79 Å². The van der Waals surface area contributed by atoms with Crippen LogP contribution in [0.15, 0.2) is 52.7 Å². The van der Waals surface area contributed by atoms with E-state index in [2.05, 4.69) is 5.10 Å². The number of rotatable bonds is 5. The van der Waals surface area contributed by atoms with Gasteiger partial charge >= 0.3 is 0 Å². The minimum atomic E-state index is -3.58. The van der Waals surface area contributed by atoms with Gasteiger partial charge in [0.25, 0.3) is 10.0 Å². The Balaban J connectivity index is 1.42. The van der Waals surface area contributed by atoms with Crippen LogP contribution >= 0.6 is 22.9 Å². The Hall–Kier alpha value is -2.46. The number of hydrogen-bond acceptors (Lipinski definition) is 5. The monoisotopic (exact) mass is 490 g/mol. The lowest BCUT2D eigenvalue weighted by Gasteiger charge is -2.33. The largest absolute Gasteiger partial charge is 0.337 e. The topological polar surface area (TPSA) is 75.5 Å². The number of thiophene rings is 1. The molecule has 0 aliphatic carbocycles. The second kappa shape index (κ2) is 9.19. The van der Waals surface area contributed by atoms with E-state index < -0.39 is 10.0 Å². The summed E-state index contributed by atoms with van der Waals surface area (Å²) in [5, 5.41) is 4.60. The molecule has 1 aliphatic heterocycles. The number of para-hydroxylation sites is 1. The average Bonchev–Trinajstić information content (AvgIpc) is 3.36. The number of piperazine rings is 1. The smallest absolute Gasteiger partial charge is 0.252 e. The number of carbonyl (C=O) groups is 1. The molecule has 0 N–H and O–H groups in total. The molecule has 3 heterocycles. The lowest BCUT2D eigenvalue weighted by molar-refractivity contribution is -0.127. The summed E-state index contributed by atoms with van der Waals surface area (Å²) in [5.41, 5.74) is 3.64. The van der Waals surface area contributed by atoms with Crippen molar-refractivity contribution in [3.8, 4) is 5.69 Å². The van der Waals surface area contributed by atoms with Crippen LogP contribution in [0.1, 0.15) is 17.0 Å². The van der Waals surface area contributed by atoms with Crippen molar-refractivity contribution in [2.75, 3.05) is 26.2 Å². The SMILES string of the molecule is Cc1nn(-c2ccccc2)c(C)c1/C=C/C(=O)N1CCN(S(=O)(=O)c2ccc(Cl)s2)CC1. The first-order chi connectivity index (χ1) is 15.3. The predicted octanol–water partition coefficient (Wildman–Crippen LogP) is 3.75. The predicted molar refractivity (Wildman–Crippen MR) is 127 cm³/mol. The van der Waals surface area contributed by atoms with Gasteiger partial charge in [0.2, 0.25) is 5.91 Å². The molecule has 7 nitrogen and oxygen atoms in total. The van der Waals surface area contributed by atoms with Crippen LogP contribution in [-0.4, -0.2) is 59.5 Å². The fraction of sp³-hybridized carbons (Fsp3) is 0.273. The second-order valence-electron chi connectivity index (χ2n) is 7.45. The molecule has 10 heteroatoms. The van der Waals surface area contributed by atoms with E-state index in [1.807, 2.05) is 48.9 Å². The number of aromatic nitrogens is 2. The molecule has 4 rings (SSSR count). The van der Waals surface area contributed by atoms with Gasteiger partial charge in [0, 0.05) is 43.5 Å². The van der Waals surface area contributed by atoms with Crippen LogP contribution < -0.4 is 0 Å². The Morgan fingerprint density at radius 2 is 1.75 bits per heavy atom. The molecule has 1 fully saturated rings. The van der Waals surface area contributed by atoms with E-state index >= 15 is 0 Å². The molecule has 0 radical (unpaired) electrons. The zero-order valence-electron chi connectivity index (χ0n) is 17.7. The van der Waals surface area contributed by atoms with Gasteiger partial charge in [-0.15, -0.1) is 11.3 Å². The molecule has 0 unspecified atom stereocenters. The molecule has 32 heavy (non-hydrogen) atoms. The average molecular weight is 491 g/mol. The molecule has 0 bridgehead atoms. The zero-order chi connectivity index (χ0) is 22.9. The van der Waals surface area contributed by atoms with E-state index in [1.54, 1.807) is 17.0 Å². The highest BCUT2D eigenvalue weighted by Crippen LogP contribution is 2.28. The minimum absolute atomic E-state index is 0.146. The second-order valence-corrected chi connectivity index (χ2v) is 11.3. The van der Waals surface area contributed by atoms with E-state index in [1.165, 1.54) is 16.4 Å². The number of aryl methyl sites for hydroxylation is 1. The summed E-state index contributed by atoms with van der Waals surface area (Å²) in [6, 6.07) is 12.9. The molecular weight excluding hydrogens is 468 g/mol. The third-order valence-corrected chi connectivity index (χ3v) is 9.03. The minimum Gasteiger partial charge on any atom is -0.337 e. The highest BCUT2D eigenvalue weighted by Gasteiger charge is 2.30. The number of sulfonamides is 1. The Kier molecular flexibility index (Phi) is 6.52. The van der Waals surface area contributed by atoms with E-state index in [0.717, 1.165) is 34.0 Å². The molecular formula is C22H23ClN4O3S2. The molecule has 0 atom stereocenters. The Labute approximate surface area is 196 Å². The van der Waals surface area contributed by atoms with Crippen molar-refractivity contribution in [3.63, 3.8) is 0 Å². The van der Waals surface area contributed by atoms with E-state index in [-0.39, 0.29) is 23.2 Å². The van der Waals surface area contributed by atoms with Crippen LogP contribution in [0.5, 0.6) is 0 Å². The standard InChI is InChI=1S/C22H23ClN4O3S2/c1-16-19(17(2)27(24-16)18-6-4-3-5-7-18)8-10-21(28)25-12-14-26(15-13-25)32(29,30)22-11-9-20(23)31-22/h3-11H,12-15H2,1-2H3/b10-8+. The highest BCUT2D eigenvalue weighted by atomic mass is 35.5. The summed E-state index contributed by atoms with van der Waals surface area (Å²) in [6.45, 7) is 5.06. The maximum Gasteiger partial charge on any atom is 0.252 e.